The second-order valence-electron chi connectivity index (χ2n) is 3.96. The molecule has 0 saturated carbocycles. The molecule has 0 spiro atoms. The molecule has 1 N–H and O–H groups in total. The molecular weight excluding hydrogens is 283 g/mol. The number of hydrogen-bond donors (Lipinski definition) is 1. The van der Waals surface area contributed by atoms with Gasteiger partial charge in [-0.15, -0.1) is 0 Å². The number of rotatable bonds is 5. The summed E-state index contributed by atoms with van der Waals surface area (Å²) in [4.78, 5) is 20.2. The van der Waals surface area contributed by atoms with Crippen molar-refractivity contribution >= 4 is 11.7 Å². The molecular formula is C11H10F3NO5. The van der Waals surface area contributed by atoms with Crippen LogP contribution in [-0.4, -0.2) is 22.1 Å². The van der Waals surface area contributed by atoms with E-state index >= 15 is 0 Å². The monoisotopic (exact) mass is 293 g/mol. The molecule has 0 bridgehead atoms. The smallest absolute Gasteiger partial charge is 0.416 e. The highest BCUT2D eigenvalue weighted by molar-refractivity contribution is 5.67. The second-order valence-corrected chi connectivity index (χ2v) is 3.96. The number of nitro benzene ring substituents is 1. The fourth-order valence-electron chi connectivity index (χ4n) is 1.44. The highest BCUT2D eigenvalue weighted by atomic mass is 19.4. The summed E-state index contributed by atoms with van der Waals surface area (Å²) in [7, 11) is 0. The van der Waals surface area contributed by atoms with Crippen molar-refractivity contribution < 1.29 is 32.7 Å². The van der Waals surface area contributed by atoms with Gasteiger partial charge in [0.1, 0.15) is 6.10 Å². The third kappa shape index (κ3) is 4.11. The molecule has 0 radical (unpaired) electrons. The van der Waals surface area contributed by atoms with Gasteiger partial charge >= 0.3 is 17.8 Å². The van der Waals surface area contributed by atoms with Crippen LogP contribution in [0.1, 0.15) is 18.9 Å². The summed E-state index contributed by atoms with van der Waals surface area (Å²) in [6.07, 6.45) is -6.06. The standard InChI is InChI=1S/C11H10F3NO5/c1-6(4-10(16)17)20-9-3-2-7(11(12,13)14)5-8(9)15(18)19/h2-3,5-6H,4H2,1H3,(H,16,17)/t6-/m0/s1. The van der Waals surface area contributed by atoms with Gasteiger partial charge in [0.25, 0.3) is 0 Å². The first-order chi connectivity index (χ1) is 9.11. The molecule has 0 saturated heterocycles. The molecule has 0 fully saturated rings. The molecule has 20 heavy (non-hydrogen) atoms. The van der Waals surface area contributed by atoms with Crippen LogP contribution in [0.3, 0.4) is 0 Å². The fourth-order valence-corrected chi connectivity index (χ4v) is 1.44. The maximum Gasteiger partial charge on any atom is 0.416 e. The molecule has 6 nitrogen and oxygen atoms in total. The minimum atomic E-state index is -4.71. The van der Waals surface area contributed by atoms with Crippen LogP contribution in [0.5, 0.6) is 5.75 Å². The maximum atomic E-state index is 12.5. The molecule has 0 aliphatic carbocycles. The van der Waals surface area contributed by atoms with Gasteiger partial charge in [-0.05, 0) is 19.1 Å². The predicted molar refractivity (Wildman–Crippen MR) is 60.4 cm³/mol. The van der Waals surface area contributed by atoms with Crippen LogP contribution in [0.15, 0.2) is 18.2 Å². The molecule has 1 aromatic carbocycles. The average molecular weight is 293 g/mol. The Morgan fingerprint density at radius 3 is 2.55 bits per heavy atom. The summed E-state index contributed by atoms with van der Waals surface area (Å²) in [6, 6.07) is 1.79. The van der Waals surface area contributed by atoms with Crippen molar-refractivity contribution in [3.05, 3.63) is 33.9 Å². The number of alkyl halides is 3. The highest BCUT2D eigenvalue weighted by Crippen LogP contribution is 2.36. The Kier molecular flexibility index (Phi) is 4.53. The van der Waals surface area contributed by atoms with Crippen molar-refractivity contribution in [1.29, 1.82) is 0 Å². The first-order valence-corrected chi connectivity index (χ1v) is 5.35. The van der Waals surface area contributed by atoms with Gasteiger partial charge in [0.05, 0.1) is 16.9 Å². The van der Waals surface area contributed by atoms with E-state index in [1.165, 1.54) is 6.92 Å². The lowest BCUT2D eigenvalue weighted by Gasteiger charge is -2.14. The number of carboxylic acids is 1. The third-order valence-corrected chi connectivity index (χ3v) is 2.27. The largest absolute Gasteiger partial charge is 0.483 e. The average Bonchev–Trinajstić information content (AvgIpc) is 2.26. The van der Waals surface area contributed by atoms with Gasteiger partial charge in [0.2, 0.25) is 0 Å². The van der Waals surface area contributed by atoms with E-state index in [-0.39, 0.29) is 0 Å². The van der Waals surface area contributed by atoms with Crippen LogP contribution in [0.2, 0.25) is 0 Å². The van der Waals surface area contributed by atoms with E-state index in [4.69, 9.17) is 9.84 Å². The minimum Gasteiger partial charge on any atom is -0.483 e. The van der Waals surface area contributed by atoms with Crippen molar-refractivity contribution in [3.63, 3.8) is 0 Å². The molecule has 0 unspecified atom stereocenters. The van der Waals surface area contributed by atoms with E-state index in [2.05, 4.69) is 0 Å². The van der Waals surface area contributed by atoms with E-state index in [1.54, 1.807) is 0 Å². The first-order valence-electron chi connectivity index (χ1n) is 5.35. The molecule has 0 aliphatic rings. The Hall–Kier alpha value is -2.32. The van der Waals surface area contributed by atoms with Crippen LogP contribution in [0.25, 0.3) is 0 Å². The summed E-state index contributed by atoms with van der Waals surface area (Å²) in [5, 5.41) is 19.3. The van der Waals surface area contributed by atoms with E-state index in [0.29, 0.717) is 12.1 Å². The van der Waals surface area contributed by atoms with Crippen molar-refractivity contribution in [2.75, 3.05) is 0 Å². The van der Waals surface area contributed by atoms with Crippen LogP contribution >= 0.6 is 0 Å². The number of nitrogens with zero attached hydrogens (tertiary/aromatic N) is 1. The van der Waals surface area contributed by atoms with Crippen molar-refractivity contribution in [2.45, 2.75) is 25.6 Å². The molecule has 0 amide bonds. The number of hydrogen-bond acceptors (Lipinski definition) is 4. The number of halogens is 3. The molecule has 9 heteroatoms. The number of aliphatic carboxylic acids is 1. The minimum absolute atomic E-state index is 0.350. The highest BCUT2D eigenvalue weighted by Gasteiger charge is 2.33. The first kappa shape index (κ1) is 15.7. The van der Waals surface area contributed by atoms with E-state index < -0.39 is 46.6 Å². The maximum absolute atomic E-state index is 12.5. The SMILES string of the molecule is C[C@@H](CC(=O)O)Oc1ccc(C(F)(F)F)cc1[N+](=O)[O-]. The fraction of sp³-hybridized carbons (Fsp3) is 0.364. The molecule has 0 aliphatic heterocycles. The van der Waals surface area contributed by atoms with Gasteiger partial charge in [0, 0.05) is 6.07 Å². The van der Waals surface area contributed by atoms with Crippen molar-refractivity contribution in [1.82, 2.24) is 0 Å². The molecule has 110 valence electrons. The lowest BCUT2D eigenvalue weighted by atomic mass is 10.1. The summed E-state index contributed by atoms with van der Waals surface area (Å²) < 4.78 is 42.4. The van der Waals surface area contributed by atoms with E-state index in [0.717, 1.165) is 6.07 Å². The van der Waals surface area contributed by atoms with Crippen LogP contribution in [0, 0.1) is 10.1 Å². The topological polar surface area (TPSA) is 89.7 Å². The van der Waals surface area contributed by atoms with Gasteiger partial charge in [-0.1, -0.05) is 0 Å². The Balaban J connectivity index is 3.08. The lowest BCUT2D eigenvalue weighted by Crippen LogP contribution is -2.17. The zero-order valence-corrected chi connectivity index (χ0v) is 10.2. The van der Waals surface area contributed by atoms with E-state index in [9.17, 15) is 28.1 Å². The number of nitro groups is 1. The van der Waals surface area contributed by atoms with Crippen molar-refractivity contribution in [3.8, 4) is 5.75 Å². The Morgan fingerprint density at radius 2 is 2.10 bits per heavy atom. The van der Waals surface area contributed by atoms with Crippen molar-refractivity contribution in [2.24, 2.45) is 0 Å². The Bertz CT molecular complexity index is 529. The zero-order chi connectivity index (χ0) is 15.5. The summed E-state index contributed by atoms with van der Waals surface area (Å²) >= 11 is 0. The zero-order valence-electron chi connectivity index (χ0n) is 10.2. The Labute approximate surface area is 110 Å². The molecule has 0 aromatic heterocycles. The molecule has 1 rings (SSSR count). The normalized spacial score (nSPS) is 12.8. The molecule has 0 heterocycles. The molecule has 1 aromatic rings. The van der Waals surface area contributed by atoms with Crippen LogP contribution < -0.4 is 4.74 Å². The number of benzene rings is 1. The number of carboxylic acid groups (broad SMARTS) is 1. The lowest BCUT2D eigenvalue weighted by molar-refractivity contribution is -0.386. The molecule has 1 atom stereocenters. The van der Waals surface area contributed by atoms with E-state index in [1.807, 2.05) is 0 Å². The second kappa shape index (κ2) is 5.76. The Morgan fingerprint density at radius 1 is 1.50 bits per heavy atom. The number of ether oxygens (including phenoxy) is 1. The summed E-state index contributed by atoms with van der Waals surface area (Å²) in [6.45, 7) is 1.34. The van der Waals surface area contributed by atoms with Gasteiger partial charge in [-0.3, -0.25) is 14.9 Å². The third-order valence-electron chi connectivity index (χ3n) is 2.27. The van der Waals surface area contributed by atoms with Gasteiger partial charge < -0.3 is 9.84 Å². The summed E-state index contributed by atoms with van der Waals surface area (Å²) in [5.74, 6) is -1.59. The van der Waals surface area contributed by atoms with Crippen LogP contribution in [0.4, 0.5) is 18.9 Å². The summed E-state index contributed by atoms with van der Waals surface area (Å²) in [5.41, 5.74) is -2.04. The van der Waals surface area contributed by atoms with Crippen LogP contribution in [-0.2, 0) is 11.0 Å². The number of carbonyl (C=O) groups is 1. The quantitative estimate of drug-likeness (QED) is 0.666. The van der Waals surface area contributed by atoms with Gasteiger partial charge in [-0.2, -0.15) is 13.2 Å². The predicted octanol–water partition coefficient (Wildman–Crippen LogP) is 2.86. The van der Waals surface area contributed by atoms with Gasteiger partial charge in [-0.25, -0.2) is 0 Å². The van der Waals surface area contributed by atoms with Gasteiger partial charge in [0.15, 0.2) is 5.75 Å².